The van der Waals surface area contributed by atoms with Crippen LogP contribution < -0.4 is 0 Å². The first-order valence-corrected chi connectivity index (χ1v) is 4.07. The zero-order valence-electron chi connectivity index (χ0n) is 5.86. The Morgan fingerprint density at radius 3 is 2.09 bits per heavy atom. The molecule has 0 saturated heterocycles. The standard InChI is InChI=1S/C6H7Cl3O2/c1-6(9,5(8)11)3-2-4(7)10/h2-3H2,1H3. The lowest BCUT2D eigenvalue weighted by molar-refractivity contribution is -0.114. The molecule has 0 aromatic rings. The molecule has 1 atom stereocenters. The predicted octanol–water partition coefficient (Wildman–Crippen LogP) is 2.29. The number of hydrogen-bond donors (Lipinski definition) is 0. The highest BCUT2D eigenvalue weighted by Gasteiger charge is 2.28. The Labute approximate surface area is 79.8 Å². The van der Waals surface area contributed by atoms with Crippen molar-refractivity contribution in [1.82, 2.24) is 0 Å². The predicted molar refractivity (Wildman–Crippen MR) is 45.2 cm³/mol. The van der Waals surface area contributed by atoms with E-state index in [1.165, 1.54) is 6.92 Å². The molecule has 0 N–H and O–H groups in total. The average Bonchev–Trinajstić information content (AvgIpc) is 1.84. The highest BCUT2D eigenvalue weighted by Crippen LogP contribution is 2.24. The van der Waals surface area contributed by atoms with Gasteiger partial charge in [0.05, 0.1) is 0 Å². The fourth-order valence-electron chi connectivity index (χ4n) is 0.431. The lowest BCUT2D eigenvalue weighted by Crippen LogP contribution is -2.24. The molecule has 0 bridgehead atoms. The first-order chi connectivity index (χ1) is 4.86. The van der Waals surface area contributed by atoms with Gasteiger partial charge in [-0.3, -0.25) is 9.59 Å². The Balaban J connectivity index is 3.92. The first kappa shape index (κ1) is 11.2. The summed E-state index contributed by atoms with van der Waals surface area (Å²) in [4.78, 5) is 19.6. The monoisotopic (exact) mass is 216 g/mol. The summed E-state index contributed by atoms with van der Waals surface area (Å²) in [5, 5.41) is -1.19. The van der Waals surface area contributed by atoms with Crippen molar-refractivity contribution in [1.29, 1.82) is 0 Å². The molecule has 0 saturated carbocycles. The van der Waals surface area contributed by atoms with Crippen LogP contribution in [0.2, 0.25) is 0 Å². The zero-order valence-corrected chi connectivity index (χ0v) is 8.13. The van der Waals surface area contributed by atoms with Gasteiger partial charge in [0.2, 0.25) is 10.5 Å². The van der Waals surface area contributed by atoms with E-state index in [4.69, 9.17) is 34.8 Å². The summed E-state index contributed by atoms with van der Waals surface area (Å²) in [5.41, 5.74) is 0. The van der Waals surface area contributed by atoms with E-state index in [1.54, 1.807) is 0 Å². The van der Waals surface area contributed by atoms with Gasteiger partial charge < -0.3 is 0 Å². The molecule has 0 spiro atoms. The summed E-state index contributed by atoms with van der Waals surface area (Å²) in [6, 6.07) is 0. The molecule has 0 aliphatic heterocycles. The molecule has 2 nitrogen and oxygen atoms in total. The van der Waals surface area contributed by atoms with Crippen LogP contribution in [0.5, 0.6) is 0 Å². The van der Waals surface area contributed by atoms with Crippen LogP contribution >= 0.6 is 34.8 Å². The Hall–Kier alpha value is 0.210. The van der Waals surface area contributed by atoms with Gasteiger partial charge in [0.25, 0.3) is 0 Å². The number of rotatable bonds is 4. The van der Waals surface area contributed by atoms with E-state index < -0.39 is 15.4 Å². The third kappa shape index (κ3) is 4.62. The molecular weight excluding hydrogens is 210 g/mol. The van der Waals surface area contributed by atoms with Crippen molar-refractivity contribution in [2.45, 2.75) is 24.6 Å². The number of halogens is 3. The van der Waals surface area contributed by atoms with E-state index in [0.29, 0.717) is 0 Å². The summed E-state index contributed by atoms with van der Waals surface area (Å²) in [7, 11) is 0. The lowest BCUT2D eigenvalue weighted by Gasteiger charge is -2.14. The van der Waals surface area contributed by atoms with E-state index >= 15 is 0 Å². The third-order valence-corrected chi connectivity index (χ3v) is 2.26. The first-order valence-electron chi connectivity index (χ1n) is 2.93. The summed E-state index contributed by atoms with van der Waals surface area (Å²) in [6.07, 6.45) is 0.221. The lowest BCUT2D eigenvalue weighted by atomic mass is 10.1. The molecule has 11 heavy (non-hydrogen) atoms. The average molecular weight is 217 g/mol. The van der Waals surface area contributed by atoms with Crippen LogP contribution in [0.4, 0.5) is 0 Å². The van der Waals surface area contributed by atoms with E-state index in [-0.39, 0.29) is 12.8 Å². The molecule has 0 fully saturated rings. The van der Waals surface area contributed by atoms with E-state index in [0.717, 1.165) is 0 Å². The molecule has 5 heteroatoms. The van der Waals surface area contributed by atoms with Gasteiger partial charge in [-0.2, -0.15) is 0 Å². The molecule has 0 aromatic carbocycles. The smallest absolute Gasteiger partial charge is 0.242 e. The Kier molecular flexibility index (Phi) is 4.37. The topological polar surface area (TPSA) is 34.1 Å². The van der Waals surface area contributed by atoms with Crippen molar-refractivity contribution in [2.75, 3.05) is 0 Å². The van der Waals surface area contributed by atoms with Crippen LogP contribution in [-0.2, 0) is 9.59 Å². The van der Waals surface area contributed by atoms with Gasteiger partial charge in [-0.15, -0.1) is 11.6 Å². The second-order valence-corrected chi connectivity index (χ2v) is 3.93. The van der Waals surface area contributed by atoms with Crippen molar-refractivity contribution in [3.05, 3.63) is 0 Å². The second kappa shape index (κ2) is 4.29. The largest absolute Gasteiger partial charge is 0.281 e. The Morgan fingerprint density at radius 2 is 1.82 bits per heavy atom. The summed E-state index contributed by atoms with van der Waals surface area (Å²) in [5.74, 6) is 0. The van der Waals surface area contributed by atoms with Crippen LogP contribution in [-0.4, -0.2) is 15.4 Å². The highest BCUT2D eigenvalue weighted by atomic mass is 35.5. The van der Waals surface area contributed by atoms with E-state index in [2.05, 4.69) is 0 Å². The third-order valence-electron chi connectivity index (χ3n) is 1.20. The Morgan fingerprint density at radius 1 is 1.36 bits per heavy atom. The summed E-state index contributed by atoms with van der Waals surface area (Å²) in [6.45, 7) is 1.45. The molecule has 0 heterocycles. The van der Waals surface area contributed by atoms with Crippen molar-refractivity contribution in [2.24, 2.45) is 0 Å². The molecule has 0 radical (unpaired) electrons. The summed E-state index contributed by atoms with van der Waals surface area (Å²) >= 11 is 15.8. The van der Waals surface area contributed by atoms with Crippen molar-refractivity contribution >= 4 is 45.3 Å². The minimum Gasteiger partial charge on any atom is -0.281 e. The number of carbonyl (C=O) groups is 2. The number of alkyl halides is 1. The van der Waals surface area contributed by atoms with Crippen LogP contribution in [0.1, 0.15) is 19.8 Å². The Bertz CT molecular complexity index is 177. The van der Waals surface area contributed by atoms with Gasteiger partial charge >= 0.3 is 0 Å². The second-order valence-electron chi connectivity index (χ2n) is 2.33. The molecule has 0 amide bonds. The molecule has 1 unspecified atom stereocenters. The molecular formula is C6H7Cl3O2. The highest BCUT2D eigenvalue weighted by molar-refractivity contribution is 6.70. The van der Waals surface area contributed by atoms with Gasteiger partial charge in [-0.25, -0.2) is 0 Å². The maximum absolute atomic E-state index is 10.6. The number of hydrogen-bond acceptors (Lipinski definition) is 2. The van der Waals surface area contributed by atoms with Crippen molar-refractivity contribution in [3.8, 4) is 0 Å². The van der Waals surface area contributed by atoms with Gasteiger partial charge in [-0.05, 0) is 36.5 Å². The molecule has 0 aliphatic carbocycles. The normalized spacial score (nSPS) is 15.6. The summed E-state index contributed by atoms with van der Waals surface area (Å²) < 4.78 is 0. The molecule has 64 valence electrons. The zero-order chi connectivity index (χ0) is 9.07. The van der Waals surface area contributed by atoms with Crippen molar-refractivity contribution in [3.63, 3.8) is 0 Å². The fourth-order valence-corrected chi connectivity index (χ4v) is 0.715. The van der Waals surface area contributed by atoms with Gasteiger partial charge in [0, 0.05) is 6.42 Å². The fraction of sp³-hybridized carbons (Fsp3) is 0.667. The van der Waals surface area contributed by atoms with Crippen molar-refractivity contribution < 1.29 is 9.59 Å². The number of carbonyl (C=O) groups excluding carboxylic acids is 2. The molecule has 0 rings (SSSR count). The SMILES string of the molecule is CC(Cl)(CCC(=O)Cl)C(=O)Cl. The molecule has 0 aliphatic rings. The van der Waals surface area contributed by atoms with Crippen LogP contribution in [0.25, 0.3) is 0 Å². The van der Waals surface area contributed by atoms with Gasteiger partial charge in [-0.1, -0.05) is 0 Å². The van der Waals surface area contributed by atoms with Crippen LogP contribution in [0.15, 0.2) is 0 Å². The van der Waals surface area contributed by atoms with Crippen LogP contribution in [0.3, 0.4) is 0 Å². The molecule has 0 aromatic heterocycles. The van der Waals surface area contributed by atoms with E-state index in [1.807, 2.05) is 0 Å². The quantitative estimate of drug-likeness (QED) is 0.535. The van der Waals surface area contributed by atoms with Gasteiger partial charge in [0.1, 0.15) is 4.87 Å². The minimum atomic E-state index is -1.17. The maximum atomic E-state index is 10.6. The van der Waals surface area contributed by atoms with E-state index in [9.17, 15) is 9.59 Å². The van der Waals surface area contributed by atoms with Gasteiger partial charge in [0.15, 0.2) is 0 Å². The minimum absolute atomic E-state index is 0.0556. The maximum Gasteiger partial charge on any atom is 0.242 e. The van der Waals surface area contributed by atoms with Crippen LogP contribution in [0, 0.1) is 0 Å².